The van der Waals surface area contributed by atoms with Gasteiger partial charge in [-0.15, -0.1) is 0 Å². The van der Waals surface area contributed by atoms with Crippen molar-refractivity contribution in [2.45, 2.75) is 0 Å². The van der Waals surface area contributed by atoms with Crippen LogP contribution in [0.1, 0.15) is 0 Å². The van der Waals surface area contributed by atoms with Crippen molar-refractivity contribution >= 4 is 71.2 Å². The number of hydrogen-bond acceptors (Lipinski definition) is 3. The number of benzene rings is 4. The molecule has 8 aromatic rings. The fourth-order valence-corrected chi connectivity index (χ4v) is 5.14. The summed E-state index contributed by atoms with van der Waals surface area (Å²) in [6.45, 7) is 0. The molecule has 4 aromatic carbocycles. The van der Waals surface area contributed by atoms with Crippen LogP contribution in [0.15, 0.2) is 94.0 Å². The Balaban J connectivity index is 1.67. The van der Waals surface area contributed by atoms with Crippen LogP contribution in [0.2, 0.25) is 0 Å². The second-order valence-corrected chi connectivity index (χ2v) is 8.04. The summed E-state index contributed by atoms with van der Waals surface area (Å²) in [5.41, 5.74) is 5.60. The molecule has 0 N–H and O–H groups in total. The highest BCUT2D eigenvalue weighted by molar-refractivity contribution is 6.27. The molecule has 4 aromatic heterocycles. The van der Waals surface area contributed by atoms with Crippen LogP contribution in [-0.2, 0) is 0 Å². The summed E-state index contributed by atoms with van der Waals surface area (Å²) in [5, 5.41) is 7.87. The molecule has 0 saturated carbocycles. The van der Waals surface area contributed by atoms with Gasteiger partial charge in [-0.2, -0.15) is 0 Å². The fourth-order valence-electron chi connectivity index (χ4n) is 5.14. The molecule has 8 rings (SSSR count). The average Bonchev–Trinajstić information content (AvgIpc) is 3.52. The van der Waals surface area contributed by atoms with E-state index < -0.39 is 0 Å². The van der Waals surface area contributed by atoms with Gasteiger partial charge in [0.25, 0.3) is 0 Å². The van der Waals surface area contributed by atoms with Crippen LogP contribution in [0.5, 0.6) is 0 Å². The summed E-state index contributed by atoms with van der Waals surface area (Å²) in [4.78, 5) is 4.63. The molecule has 0 amide bonds. The lowest BCUT2D eigenvalue weighted by atomic mass is 10.0. The van der Waals surface area contributed by atoms with Crippen LogP contribution in [0, 0.1) is 0 Å². The van der Waals surface area contributed by atoms with Crippen molar-refractivity contribution in [2.24, 2.45) is 0 Å². The molecule has 0 spiro atoms. The van der Waals surface area contributed by atoms with E-state index in [2.05, 4.69) is 57.9 Å². The Hall–Kier alpha value is -4.31. The number of aromatic nitrogens is 2. The van der Waals surface area contributed by atoms with Gasteiger partial charge in [-0.3, -0.25) is 4.40 Å². The zero-order chi connectivity index (χ0) is 20.1. The molecule has 0 bridgehead atoms. The molecular formula is C27H14N2O2. The summed E-state index contributed by atoms with van der Waals surface area (Å²) in [6.07, 6.45) is 3.89. The quantitative estimate of drug-likeness (QED) is 0.249. The lowest BCUT2D eigenvalue weighted by molar-refractivity contribution is 0.663. The van der Waals surface area contributed by atoms with Crippen LogP contribution < -0.4 is 0 Å². The Labute approximate surface area is 174 Å². The molecule has 0 saturated heterocycles. The first-order chi connectivity index (χ1) is 15.4. The zero-order valence-corrected chi connectivity index (χ0v) is 16.3. The largest absolute Gasteiger partial charge is 0.456 e. The van der Waals surface area contributed by atoms with Gasteiger partial charge < -0.3 is 8.83 Å². The van der Waals surface area contributed by atoms with E-state index in [-0.39, 0.29) is 0 Å². The molecule has 31 heavy (non-hydrogen) atoms. The topological polar surface area (TPSA) is 43.6 Å². The molecule has 0 unspecified atom stereocenters. The Morgan fingerprint density at radius 3 is 2.16 bits per heavy atom. The van der Waals surface area contributed by atoms with Crippen molar-refractivity contribution in [2.75, 3.05) is 0 Å². The van der Waals surface area contributed by atoms with Gasteiger partial charge in [-0.1, -0.05) is 42.5 Å². The van der Waals surface area contributed by atoms with E-state index in [0.29, 0.717) is 0 Å². The number of fused-ring (bicyclic) bond motifs is 13. The van der Waals surface area contributed by atoms with Crippen molar-refractivity contribution in [3.05, 3.63) is 85.2 Å². The lowest BCUT2D eigenvalue weighted by Gasteiger charge is -2.08. The van der Waals surface area contributed by atoms with E-state index >= 15 is 0 Å². The second-order valence-electron chi connectivity index (χ2n) is 8.04. The van der Waals surface area contributed by atoms with Gasteiger partial charge in [-0.05, 0) is 35.7 Å². The summed E-state index contributed by atoms with van der Waals surface area (Å²) in [6, 6.07) is 25.0. The van der Waals surface area contributed by atoms with Crippen LogP contribution in [-0.4, -0.2) is 9.38 Å². The minimum absolute atomic E-state index is 0.871. The summed E-state index contributed by atoms with van der Waals surface area (Å²) >= 11 is 0. The van der Waals surface area contributed by atoms with Crippen molar-refractivity contribution in [3.8, 4) is 0 Å². The summed E-state index contributed by atoms with van der Waals surface area (Å²) in [5.74, 6) is 0. The number of pyridine rings is 1. The molecule has 144 valence electrons. The highest BCUT2D eigenvalue weighted by Crippen LogP contribution is 2.42. The van der Waals surface area contributed by atoms with Gasteiger partial charge in [0.05, 0.1) is 5.52 Å². The van der Waals surface area contributed by atoms with E-state index in [1.807, 2.05) is 36.7 Å². The summed E-state index contributed by atoms with van der Waals surface area (Å²) < 4.78 is 14.7. The molecule has 0 aliphatic rings. The fraction of sp³-hybridized carbons (Fsp3) is 0. The minimum Gasteiger partial charge on any atom is -0.456 e. The monoisotopic (exact) mass is 398 g/mol. The standard InChI is InChI=1S/C27H14N2O2/c1-2-6-16-15(5-1)18-14-24-19(13-20(18)29-12-11-28-27(16)29)26-23(31-24)10-9-22-25(26)17-7-3-4-8-21(17)30-22/h1-14H. The predicted octanol–water partition coefficient (Wildman–Crippen LogP) is 7.44. The minimum atomic E-state index is 0.871. The van der Waals surface area contributed by atoms with Crippen LogP contribution in [0.4, 0.5) is 0 Å². The van der Waals surface area contributed by atoms with Gasteiger partial charge in [0, 0.05) is 44.7 Å². The first kappa shape index (κ1) is 15.5. The number of para-hydroxylation sites is 1. The third-order valence-electron chi connectivity index (χ3n) is 6.45. The Kier molecular flexibility index (Phi) is 2.62. The molecule has 0 aliphatic heterocycles. The van der Waals surface area contributed by atoms with E-state index in [9.17, 15) is 0 Å². The predicted molar refractivity (Wildman–Crippen MR) is 125 cm³/mol. The average molecular weight is 398 g/mol. The molecule has 0 fully saturated rings. The number of rotatable bonds is 0. The van der Waals surface area contributed by atoms with Crippen LogP contribution >= 0.6 is 0 Å². The van der Waals surface area contributed by atoms with E-state index in [1.54, 1.807) is 0 Å². The maximum absolute atomic E-state index is 6.36. The Morgan fingerprint density at radius 2 is 1.29 bits per heavy atom. The van der Waals surface area contributed by atoms with Crippen molar-refractivity contribution in [1.82, 2.24) is 9.38 Å². The SMILES string of the molecule is c1ccc2c(c1)oc1ccc3oc4cc5c6ccccc6c6nccn6c5cc4c3c12. The number of hydrogen-bond donors (Lipinski definition) is 0. The first-order valence-electron chi connectivity index (χ1n) is 10.3. The normalized spacial score (nSPS) is 12.5. The van der Waals surface area contributed by atoms with Gasteiger partial charge in [-0.25, -0.2) is 4.98 Å². The molecule has 4 heterocycles. The maximum atomic E-state index is 6.36. The zero-order valence-electron chi connectivity index (χ0n) is 16.3. The summed E-state index contributed by atoms with van der Waals surface area (Å²) in [7, 11) is 0. The number of imidazole rings is 1. The van der Waals surface area contributed by atoms with Gasteiger partial charge in [0.2, 0.25) is 0 Å². The molecule has 0 atom stereocenters. The Bertz CT molecular complexity index is 2000. The molecular weight excluding hydrogens is 384 g/mol. The van der Waals surface area contributed by atoms with Gasteiger partial charge in [0.15, 0.2) is 0 Å². The van der Waals surface area contributed by atoms with Gasteiger partial charge >= 0.3 is 0 Å². The third-order valence-corrected chi connectivity index (χ3v) is 6.45. The Morgan fingerprint density at radius 1 is 0.581 bits per heavy atom. The van der Waals surface area contributed by atoms with Crippen molar-refractivity contribution in [1.29, 1.82) is 0 Å². The van der Waals surface area contributed by atoms with Gasteiger partial charge in [0.1, 0.15) is 28.0 Å². The molecule has 4 heteroatoms. The smallest absolute Gasteiger partial charge is 0.145 e. The van der Waals surface area contributed by atoms with Crippen molar-refractivity contribution < 1.29 is 8.83 Å². The highest BCUT2D eigenvalue weighted by Gasteiger charge is 2.18. The van der Waals surface area contributed by atoms with Crippen LogP contribution in [0.25, 0.3) is 71.2 Å². The molecule has 0 radical (unpaired) electrons. The first-order valence-corrected chi connectivity index (χ1v) is 10.3. The van der Waals surface area contributed by atoms with Crippen LogP contribution in [0.3, 0.4) is 0 Å². The number of nitrogens with zero attached hydrogens (tertiary/aromatic N) is 2. The van der Waals surface area contributed by atoms with E-state index in [4.69, 9.17) is 8.83 Å². The second kappa shape index (κ2) is 5.24. The van der Waals surface area contributed by atoms with E-state index in [0.717, 1.165) is 65.8 Å². The molecule has 0 aliphatic carbocycles. The lowest BCUT2D eigenvalue weighted by Crippen LogP contribution is -1.90. The van der Waals surface area contributed by atoms with E-state index in [1.165, 1.54) is 5.39 Å². The highest BCUT2D eigenvalue weighted by atomic mass is 16.3. The third kappa shape index (κ3) is 1.83. The molecule has 4 nitrogen and oxygen atoms in total. The van der Waals surface area contributed by atoms with Crippen molar-refractivity contribution in [3.63, 3.8) is 0 Å². The number of furan rings is 2. The maximum Gasteiger partial charge on any atom is 0.145 e.